The van der Waals surface area contributed by atoms with Crippen LogP contribution in [0.5, 0.6) is 0 Å². The van der Waals surface area contributed by atoms with Crippen LogP contribution >= 0.6 is 24.8 Å². The van der Waals surface area contributed by atoms with Crippen LogP contribution in [0.3, 0.4) is 0 Å². The van der Waals surface area contributed by atoms with Gasteiger partial charge in [-0.25, -0.2) is 0 Å². The Labute approximate surface area is 85.4 Å². The van der Waals surface area contributed by atoms with Crippen LogP contribution in [0.4, 0.5) is 11.4 Å². The molecule has 0 spiro atoms. The number of halogens is 2. The number of benzene rings is 1. The molecule has 70 valence electrons. The Kier molecular flexibility index (Phi) is 6.95. The highest BCUT2D eigenvalue weighted by molar-refractivity contribution is 5.85. The maximum atomic E-state index is 5.64. The molecule has 0 fully saturated rings. The van der Waals surface area contributed by atoms with Crippen LogP contribution in [0.2, 0.25) is 0 Å². The molecule has 0 bridgehead atoms. The third-order valence-electron chi connectivity index (χ3n) is 1.48. The van der Waals surface area contributed by atoms with E-state index in [1.807, 2.05) is 32.2 Å². The maximum Gasteiger partial charge on any atom is 0.0573 e. The number of aryl methyl sites for hydroxylation is 1. The molecule has 0 saturated heterocycles. The highest BCUT2D eigenvalue weighted by Gasteiger charge is 1.93. The van der Waals surface area contributed by atoms with Crippen molar-refractivity contribution in [1.82, 2.24) is 0 Å². The SMILES string of the molecule is CNc1cc(C)ccc1N.Cl.Cl. The molecule has 0 aliphatic rings. The fraction of sp³-hybridized carbons (Fsp3) is 0.250. The molecule has 1 aromatic carbocycles. The second-order valence-electron chi connectivity index (χ2n) is 2.34. The number of nitrogens with one attached hydrogen (secondary N) is 1. The lowest BCUT2D eigenvalue weighted by Crippen LogP contribution is -1.95. The maximum absolute atomic E-state index is 5.64. The van der Waals surface area contributed by atoms with Gasteiger partial charge in [-0.3, -0.25) is 0 Å². The minimum absolute atomic E-state index is 0. The normalized spacial score (nSPS) is 7.83. The van der Waals surface area contributed by atoms with E-state index in [1.165, 1.54) is 5.56 Å². The molecule has 1 rings (SSSR count). The average Bonchev–Trinajstić information content (AvgIpc) is 1.94. The van der Waals surface area contributed by atoms with Gasteiger partial charge in [-0.15, -0.1) is 24.8 Å². The van der Waals surface area contributed by atoms with E-state index in [0.717, 1.165) is 11.4 Å². The van der Waals surface area contributed by atoms with E-state index >= 15 is 0 Å². The summed E-state index contributed by atoms with van der Waals surface area (Å²) in [6.45, 7) is 2.04. The summed E-state index contributed by atoms with van der Waals surface area (Å²) in [5.74, 6) is 0. The zero-order valence-electron chi connectivity index (χ0n) is 7.13. The van der Waals surface area contributed by atoms with E-state index in [0.29, 0.717) is 0 Å². The van der Waals surface area contributed by atoms with Crippen molar-refractivity contribution in [2.75, 3.05) is 18.1 Å². The van der Waals surface area contributed by atoms with Crippen molar-refractivity contribution in [3.63, 3.8) is 0 Å². The molecule has 12 heavy (non-hydrogen) atoms. The molecule has 0 heterocycles. The van der Waals surface area contributed by atoms with Gasteiger partial charge in [0.05, 0.1) is 11.4 Å². The summed E-state index contributed by atoms with van der Waals surface area (Å²) in [5.41, 5.74) is 8.66. The largest absolute Gasteiger partial charge is 0.397 e. The molecule has 0 atom stereocenters. The van der Waals surface area contributed by atoms with E-state index in [9.17, 15) is 0 Å². The van der Waals surface area contributed by atoms with Gasteiger partial charge in [-0.2, -0.15) is 0 Å². The van der Waals surface area contributed by atoms with Crippen molar-refractivity contribution in [3.05, 3.63) is 23.8 Å². The van der Waals surface area contributed by atoms with Gasteiger partial charge in [0.25, 0.3) is 0 Å². The molecular weight excluding hydrogens is 195 g/mol. The number of anilines is 2. The molecule has 0 aliphatic heterocycles. The van der Waals surface area contributed by atoms with Gasteiger partial charge < -0.3 is 11.1 Å². The van der Waals surface area contributed by atoms with Gasteiger partial charge in [0.2, 0.25) is 0 Å². The Morgan fingerprint density at radius 2 is 1.83 bits per heavy atom. The fourth-order valence-corrected chi connectivity index (χ4v) is 0.887. The number of hydrogen-bond donors (Lipinski definition) is 2. The Hall–Kier alpha value is -0.600. The molecular formula is C8H14Cl2N2. The van der Waals surface area contributed by atoms with Crippen LogP contribution in [0.1, 0.15) is 5.56 Å². The number of hydrogen-bond acceptors (Lipinski definition) is 2. The van der Waals surface area contributed by atoms with Crippen molar-refractivity contribution in [2.45, 2.75) is 6.92 Å². The summed E-state index contributed by atoms with van der Waals surface area (Å²) in [5, 5.41) is 3.01. The predicted molar refractivity (Wildman–Crippen MR) is 59.6 cm³/mol. The minimum Gasteiger partial charge on any atom is -0.397 e. The van der Waals surface area contributed by atoms with E-state index < -0.39 is 0 Å². The van der Waals surface area contributed by atoms with Crippen molar-refractivity contribution < 1.29 is 0 Å². The lowest BCUT2D eigenvalue weighted by atomic mass is 10.2. The first kappa shape index (κ1) is 14.0. The molecule has 0 unspecified atom stereocenters. The van der Waals surface area contributed by atoms with Crippen molar-refractivity contribution >= 4 is 36.2 Å². The van der Waals surface area contributed by atoms with Gasteiger partial charge >= 0.3 is 0 Å². The second kappa shape index (κ2) is 5.98. The zero-order valence-corrected chi connectivity index (χ0v) is 8.76. The van der Waals surface area contributed by atoms with E-state index in [2.05, 4.69) is 5.32 Å². The highest BCUT2D eigenvalue weighted by Crippen LogP contribution is 2.17. The predicted octanol–water partition coefficient (Wildman–Crippen LogP) is 2.46. The van der Waals surface area contributed by atoms with Gasteiger partial charge in [-0.05, 0) is 24.6 Å². The van der Waals surface area contributed by atoms with Gasteiger partial charge in [0.1, 0.15) is 0 Å². The Balaban J connectivity index is 0. The molecule has 0 amide bonds. The summed E-state index contributed by atoms with van der Waals surface area (Å²) in [7, 11) is 1.87. The summed E-state index contributed by atoms with van der Waals surface area (Å²) < 4.78 is 0. The summed E-state index contributed by atoms with van der Waals surface area (Å²) in [6, 6.07) is 5.92. The molecule has 2 nitrogen and oxygen atoms in total. The Morgan fingerprint density at radius 1 is 1.25 bits per heavy atom. The molecule has 0 aliphatic carbocycles. The molecule has 1 aromatic rings. The number of rotatable bonds is 1. The third-order valence-corrected chi connectivity index (χ3v) is 1.48. The lowest BCUT2D eigenvalue weighted by Gasteiger charge is -2.04. The van der Waals surface area contributed by atoms with Crippen molar-refractivity contribution in [2.24, 2.45) is 0 Å². The van der Waals surface area contributed by atoms with E-state index in [4.69, 9.17) is 5.73 Å². The van der Waals surface area contributed by atoms with Gasteiger partial charge in [0.15, 0.2) is 0 Å². The van der Waals surface area contributed by atoms with Crippen LogP contribution < -0.4 is 11.1 Å². The van der Waals surface area contributed by atoms with Crippen LogP contribution in [0.25, 0.3) is 0 Å². The standard InChI is InChI=1S/C8H12N2.2ClH/c1-6-3-4-7(9)8(5-6)10-2;;/h3-5,10H,9H2,1-2H3;2*1H. The second-order valence-corrected chi connectivity index (χ2v) is 2.34. The van der Waals surface area contributed by atoms with Gasteiger partial charge in [0, 0.05) is 7.05 Å². The van der Waals surface area contributed by atoms with Crippen LogP contribution in [0.15, 0.2) is 18.2 Å². The van der Waals surface area contributed by atoms with E-state index in [-0.39, 0.29) is 24.8 Å². The number of nitrogens with two attached hydrogens (primary N) is 1. The first-order chi connectivity index (χ1) is 4.74. The summed E-state index contributed by atoms with van der Waals surface area (Å²) >= 11 is 0. The van der Waals surface area contributed by atoms with Crippen LogP contribution in [0, 0.1) is 6.92 Å². The molecule has 0 saturated carbocycles. The van der Waals surface area contributed by atoms with Crippen molar-refractivity contribution in [3.8, 4) is 0 Å². The van der Waals surface area contributed by atoms with Crippen LogP contribution in [-0.4, -0.2) is 7.05 Å². The smallest absolute Gasteiger partial charge is 0.0573 e. The van der Waals surface area contributed by atoms with Crippen LogP contribution in [-0.2, 0) is 0 Å². The van der Waals surface area contributed by atoms with Gasteiger partial charge in [-0.1, -0.05) is 6.07 Å². The fourth-order valence-electron chi connectivity index (χ4n) is 0.887. The third kappa shape index (κ3) is 3.20. The monoisotopic (exact) mass is 208 g/mol. The lowest BCUT2D eigenvalue weighted by molar-refractivity contribution is 1.43. The van der Waals surface area contributed by atoms with Crippen molar-refractivity contribution in [1.29, 1.82) is 0 Å². The Morgan fingerprint density at radius 3 is 2.25 bits per heavy atom. The van der Waals surface area contributed by atoms with E-state index in [1.54, 1.807) is 0 Å². The highest BCUT2D eigenvalue weighted by atomic mass is 35.5. The molecule has 3 N–H and O–H groups in total. The number of nitrogen functional groups attached to an aromatic ring is 1. The summed E-state index contributed by atoms with van der Waals surface area (Å²) in [4.78, 5) is 0. The first-order valence-corrected chi connectivity index (χ1v) is 3.28. The minimum atomic E-state index is 0. The Bertz CT molecular complexity index is 238. The molecule has 0 radical (unpaired) electrons. The quantitative estimate of drug-likeness (QED) is 0.697. The zero-order chi connectivity index (χ0) is 7.56. The topological polar surface area (TPSA) is 38.0 Å². The average molecular weight is 209 g/mol. The molecule has 0 aromatic heterocycles. The molecule has 4 heteroatoms. The summed E-state index contributed by atoms with van der Waals surface area (Å²) in [6.07, 6.45) is 0. The first-order valence-electron chi connectivity index (χ1n) is 3.28.